The summed E-state index contributed by atoms with van der Waals surface area (Å²) in [6, 6.07) is 0.0309. The zero-order chi connectivity index (χ0) is 15.8. The molecule has 1 aliphatic rings. The Labute approximate surface area is 128 Å². The zero-order valence-corrected chi connectivity index (χ0v) is 13.6. The van der Waals surface area contributed by atoms with Gasteiger partial charge in [0.1, 0.15) is 0 Å². The smallest absolute Gasteiger partial charge is 0.225 e. The fourth-order valence-corrected chi connectivity index (χ4v) is 2.50. The highest BCUT2D eigenvalue weighted by atomic mass is 16.2. The molecule has 0 aromatic heterocycles. The van der Waals surface area contributed by atoms with E-state index in [0.717, 1.165) is 25.8 Å². The molecule has 0 saturated carbocycles. The Bertz CT molecular complexity index is 347. The first-order chi connectivity index (χ1) is 9.97. The van der Waals surface area contributed by atoms with Crippen LogP contribution in [0.4, 0.5) is 0 Å². The summed E-state index contributed by atoms with van der Waals surface area (Å²) in [6.45, 7) is 4.61. The summed E-state index contributed by atoms with van der Waals surface area (Å²) in [7, 11) is 3.95. The van der Waals surface area contributed by atoms with Crippen LogP contribution in [0.15, 0.2) is 0 Å². The third-order valence-electron chi connectivity index (χ3n) is 3.94. The molecule has 1 saturated heterocycles. The quantitative estimate of drug-likeness (QED) is 0.629. The van der Waals surface area contributed by atoms with Gasteiger partial charge in [0.15, 0.2) is 0 Å². The summed E-state index contributed by atoms with van der Waals surface area (Å²) in [6.07, 6.45) is 3.38. The predicted molar refractivity (Wildman–Crippen MR) is 83.8 cm³/mol. The highest BCUT2D eigenvalue weighted by molar-refractivity contribution is 5.89. The van der Waals surface area contributed by atoms with Gasteiger partial charge < -0.3 is 20.9 Å². The average molecular weight is 298 g/mol. The maximum Gasteiger partial charge on any atom is 0.225 e. The Morgan fingerprint density at radius 1 is 1.52 bits per heavy atom. The third kappa shape index (κ3) is 6.01. The van der Waals surface area contributed by atoms with Crippen LogP contribution in [0.5, 0.6) is 0 Å². The second-order valence-electron chi connectivity index (χ2n) is 6.13. The highest BCUT2D eigenvalue weighted by Gasteiger charge is 2.34. The second kappa shape index (κ2) is 9.00. The molecule has 2 unspecified atom stereocenters. The molecule has 0 aromatic carbocycles. The van der Waals surface area contributed by atoms with Gasteiger partial charge >= 0.3 is 0 Å². The van der Waals surface area contributed by atoms with Gasteiger partial charge in [-0.3, -0.25) is 9.59 Å². The highest BCUT2D eigenvalue weighted by Crippen LogP contribution is 2.18. The maximum absolute atomic E-state index is 12.3. The van der Waals surface area contributed by atoms with E-state index in [-0.39, 0.29) is 23.8 Å². The van der Waals surface area contributed by atoms with Crippen LogP contribution in [-0.2, 0) is 9.59 Å². The summed E-state index contributed by atoms with van der Waals surface area (Å²) in [5.41, 5.74) is 5.70. The molecule has 0 spiro atoms. The van der Waals surface area contributed by atoms with Crippen molar-refractivity contribution in [1.29, 1.82) is 0 Å². The number of carbonyl (C=O) groups excluding carboxylic acids is 2. The Morgan fingerprint density at radius 2 is 2.24 bits per heavy atom. The van der Waals surface area contributed by atoms with Gasteiger partial charge in [0, 0.05) is 38.6 Å². The van der Waals surface area contributed by atoms with E-state index in [1.54, 1.807) is 4.90 Å². The van der Waals surface area contributed by atoms with E-state index in [1.165, 1.54) is 0 Å². The molecule has 122 valence electrons. The Balaban J connectivity index is 2.43. The number of nitrogens with one attached hydrogen (secondary N) is 1. The number of amides is 2. The van der Waals surface area contributed by atoms with Crippen LogP contribution in [0.3, 0.4) is 0 Å². The summed E-state index contributed by atoms with van der Waals surface area (Å²) in [5.74, 6) is -0.174. The number of nitrogens with zero attached hydrogens (tertiary/aromatic N) is 2. The molecule has 6 heteroatoms. The van der Waals surface area contributed by atoms with Crippen molar-refractivity contribution >= 4 is 11.8 Å². The average Bonchev–Trinajstić information content (AvgIpc) is 2.82. The molecule has 1 fully saturated rings. The van der Waals surface area contributed by atoms with Gasteiger partial charge in [0.05, 0.1) is 5.92 Å². The van der Waals surface area contributed by atoms with Crippen molar-refractivity contribution < 1.29 is 9.59 Å². The predicted octanol–water partition coefficient (Wildman–Crippen LogP) is 0.0302. The van der Waals surface area contributed by atoms with Crippen molar-refractivity contribution in [2.24, 2.45) is 11.7 Å². The molecule has 0 aromatic rings. The van der Waals surface area contributed by atoms with E-state index >= 15 is 0 Å². The van der Waals surface area contributed by atoms with Crippen LogP contribution in [-0.4, -0.2) is 67.9 Å². The molecular weight excluding hydrogens is 268 g/mol. The number of nitrogens with two attached hydrogens (primary N) is 1. The van der Waals surface area contributed by atoms with E-state index in [1.807, 2.05) is 19.0 Å². The topological polar surface area (TPSA) is 78.7 Å². The lowest BCUT2D eigenvalue weighted by Gasteiger charge is -2.21. The first-order valence-electron chi connectivity index (χ1n) is 7.90. The number of hydrogen-bond donors (Lipinski definition) is 2. The molecule has 1 rings (SSSR count). The van der Waals surface area contributed by atoms with Gasteiger partial charge in [0.2, 0.25) is 11.8 Å². The normalized spacial score (nSPS) is 20.1. The lowest BCUT2D eigenvalue weighted by molar-refractivity contribution is -0.129. The summed E-state index contributed by atoms with van der Waals surface area (Å²) >= 11 is 0. The Hall–Kier alpha value is -1.14. The van der Waals surface area contributed by atoms with E-state index in [0.29, 0.717) is 26.1 Å². The molecule has 0 radical (unpaired) electrons. The van der Waals surface area contributed by atoms with Crippen molar-refractivity contribution in [2.45, 2.75) is 38.6 Å². The van der Waals surface area contributed by atoms with Crippen LogP contribution in [0.2, 0.25) is 0 Å². The van der Waals surface area contributed by atoms with Gasteiger partial charge in [-0.25, -0.2) is 0 Å². The summed E-state index contributed by atoms with van der Waals surface area (Å²) in [4.78, 5) is 28.0. The Morgan fingerprint density at radius 3 is 2.81 bits per heavy atom. The van der Waals surface area contributed by atoms with Crippen molar-refractivity contribution in [3.8, 4) is 0 Å². The molecule has 1 heterocycles. The fourth-order valence-electron chi connectivity index (χ4n) is 2.50. The van der Waals surface area contributed by atoms with Gasteiger partial charge in [-0.05, 0) is 20.5 Å². The van der Waals surface area contributed by atoms with E-state index in [2.05, 4.69) is 12.2 Å². The number of rotatable bonds is 9. The van der Waals surface area contributed by atoms with E-state index < -0.39 is 0 Å². The molecule has 6 nitrogen and oxygen atoms in total. The van der Waals surface area contributed by atoms with Crippen molar-refractivity contribution in [3.63, 3.8) is 0 Å². The van der Waals surface area contributed by atoms with Crippen LogP contribution >= 0.6 is 0 Å². The third-order valence-corrected chi connectivity index (χ3v) is 3.94. The number of hydrogen-bond acceptors (Lipinski definition) is 4. The van der Waals surface area contributed by atoms with Crippen LogP contribution in [0.1, 0.15) is 32.6 Å². The van der Waals surface area contributed by atoms with Crippen molar-refractivity contribution in [2.75, 3.05) is 40.3 Å². The van der Waals surface area contributed by atoms with Crippen LogP contribution < -0.4 is 11.1 Å². The van der Waals surface area contributed by atoms with Crippen molar-refractivity contribution in [1.82, 2.24) is 15.1 Å². The lowest BCUT2D eigenvalue weighted by atomic mass is 10.1. The molecule has 21 heavy (non-hydrogen) atoms. The molecule has 0 aliphatic carbocycles. The van der Waals surface area contributed by atoms with Gasteiger partial charge in [-0.1, -0.05) is 19.8 Å². The van der Waals surface area contributed by atoms with Crippen LogP contribution in [0, 0.1) is 5.92 Å². The Kier molecular flexibility index (Phi) is 7.67. The largest absolute Gasteiger partial charge is 0.352 e. The fraction of sp³-hybridized carbons (Fsp3) is 0.867. The SMILES string of the molecule is CCCCC(CN)NC(=O)C1CC(=O)N(CCN(C)C)C1. The number of unbranched alkanes of at least 4 members (excludes halogenated alkanes) is 1. The molecule has 2 amide bonds. The zero-order valence-electron chi connectivity index (χ0n) is 13.6. The monoisotopic (exact) mass is 298 g/mol. The van der Waals surface area contributed by atoms with Gasteiger partial charge in [-0.15, -0.1) is 0 Å². The van der Waals surface area contributed by atoms with Gasteiger partial charge in [0.25, 0.3) is 0 Å². The minimum atomic E-state index is -0.227. The lowest BCUT2D eigenvalue weighted by Crippen LogP contribution is -2.43. The minimum absolute atomic E-state index is 0.0257. The first kappa shape index (κ1) is 17.9. The molecule has 3 N–H and O–H groups in total. The molecule has 0 bridgehead atoms. The molecule has 2 atom stereocenters. The van der Waals surface area contributed by atoms with Crippen LogP contribution in [0.25, 0.3) is 0 Å². The number of carbonyl (C=O) groups is 2. The van der Waals surface area contributed by atoms with E-state index in [9.17, 15) is 9.59 Å². The maximum atomic E-state index is 12.3. The summed E-state index contributed by atoms with van der Waals surface area (Å²) < 4.78 is 0. The standard InChI is InChI=1S/C15H30N4O2/c1-4-5-6-13(10-16)17-15(21)12-9-14(20)19(11-12)8-7-18(2)3/h12-13H,4-11,16H2,1-3H3,(H,17,21). The van der Waals surface area contributed by atoms with Gasteiger partial charge in [-0.2, -0.15) is 0 Å². The summed E-state index contributed by atoms with van der Waals surface area (Å²) in [5, 5.41) is 3.00. The number of likely N-dealkylation sites (tertiary alicyclic amines) is 1. The van der Waals surface area contributed by atoms with Crippen molar-refractivity contribution in [3.05, 3.63) is 0 Å². The van der Waals surface area contributed by atoms with E-state index in [4.69, 9.17) is 5.73 Å². The second-order valence-corrected chi connectivity index (χ2v) is 6.13. The first-order valence-corrected chi connectivity index (χ1v) is 7.90. The number of likely N-dealkylation sites (N-methyl/N-ethyl adjacent to an activating group) is 1. The molecular formula is C15H30N4O2. The molecule has 1 aliphatic heterocycles. The minimum Gasteiger partial charge on any atom is -0.352 e.